The zero-order chi connectivity index (χ0) is 17.4. The molecule has 2 rings (SSSR count). The fourth-order valence-electron chi connectivity index (χ4n) is 3.03. The van der Waals surface area contributed by atoms with Crippen LogP contribution in [-0.2, 0) is 22.7 Å². The van der Waals surface area contributed by atoms with Crippen LogP contribution in [0.15, 0.2) is 24.3 Å². The molecule has 1 atom stereocenters. The van der Waals surface area contributed by atoms with E-state index in [2.05, 4.69) is 10.2 Å². The molecule has 1 amide bonds. The predicted molar refractivity (Wildman–Crippen MR) is 94.5 cm³/mol. The molecular weight excluding hydrogens is 304 g/mol. The summed E-state index contributed by atoms with van der Waals surface area (Å²) < 4.78 is 5.37. The molecule has 1 aromatic rings. The van der Waals surface area contributed by atoms with Gasteiger partial charge in [-0.1, -0.05) is 24.3 Å². The molecule has 0 aliphatic carbocycles. The standard InChI is InChI=1S/C19H30N2O3/c1-3-24-14-17-6-4-16(5-7-17)12-20-19(23)13-21-10-8-18(9-11-21)15(2)22/h4-7,15,18,22H,3,8-14H2,1-2H3,(H,20,23). The first kappa shape index (κ1) is 18.9. The van der Waals surface area contributed by atoms with Crippen molar-refractivity contribution in [1.82, 2.24) is 10.2 Å². The molecule has 0 radical (unpaired) electrons. The highest BCUT2D eigenvalue weighted by molar-refractivity contribution is 5.78. The number of aliphatic hydroxyl groups is 1. The van der Waals surface area contributed by atoms with Crippen LogP contribution >= 0.6 is 0 Å². The molecule has 0 saturated carbocycles. The fraction of sp³-hybridized carbons (Fsp3) is 0.632. The van der Waals surface area contributed by atoms with E-state index < -0.39 is 0 Å². The van der Waals surface area contributed by atoms with Crippen molar-refractivity contribution in [1.29, 1.82) is 0 Å². The van der Waals surface area contributed by atoms with Gasteiger partial charge in [-0.15, -0.1) is 0 Å². The van der Waals surface area contributed by atoms with Gasteiger partial charge in [0.15, 0.2) is 0 Å². The zero-order valence-corrected chi connectivity index (χ0v) is 14.8. The van der Waals surface area contributed by atoms with E-state index in [9.17, 15) is 9.90 Å². The maximum absolute atomic E-state index is 12.1. The van der Waals surface area contributed by atoms with Crippen molar-refractivity contribution in [3.05, 3.63) is 35.4 Å². The maximum Gasteiger partial charge on any atom is 0.234 e. The third-order valence-electron chi connectivity index (χ3n) is 4.67. The van der Waals surface area contributed by atoms with E-state index in [1.165, 1.54) is 0 Å². The second-order valence-electron chi connectivity index (χ2n) is 6.58. The first-order valence-corrected chi connectivity index (χ1v) is 8.91. The molecule has 2 N–H and O–H groups in total. The molecule has 1 unspecified atom stereocenters. The van der Waals surface area contributed by atoms with Gasteiger partial charge in [-0.2, -0.15) is 0 Å². The van der Waals surface area contributed by atoms with E-state index >= 15 is 0 Å². The van der Waals surface area contributed by atoms with Crippen LogP contribution in [0.3, 0.4) is 0 Å². The Morgan fingerprint density at radius 3 is 2.50 bits per heavy atom. The number of benzene rings is 1. The van der Waals surface area contributed by atoms with Crippen molar-refractivity contribution in [2.45, 2.75) is 45.9 Å². The Morgan fingerprint density at radius 2 is 1.92 bits per heavy atom. The third-order valence-corrected chi connectivity index (χ3v) is 4.67. The molecule has 24 heavy (non-hydrogen) atoms. The van der Waals surface area contributed by atoms with Crippen LogP contribution in [-0.4, -0.2) is 48.3 Å². The zero-order valence-electron chi connectivity index (χ0n) is 14.8. The summed E-state index contributed by atoms with van der Waals surface area (Å²) in [5.74, 6) is 0.434. The molecule has 1 aliphatic heterocycles. The smallest absolute Gasteiger partial charge is 0.234 e. The first-order valence-electron chi connectivity index (χ1n) is 8.91. The monoisotopic (exact) mass is 334 g/mol. The number of ether oxygens (including phenoxy) is 1. The number of hydrogen-bond donors (Lipinski definition) is 2. The average molecular weight is 334 g/mol. The Morgan fingerprint density at radius 1 is 1.29 bits per heavy atom. The van der Waals surface area contributed by atoms with Crippen LogP contribution in [0.2, 0.25) is 0 Å². The summed E-state index contributed by atoms with van der Waals surface area (Å²) in [6.07, 6.45) is 1.69. The van der Waals surface area contributed by atoms with Gasteiger partial charge in [-0.25, -0.2) is 0 Å². The van der Waals surface area contributed by atoms with Gasteiger partial charge < -0.3 is 15.2 Å². The summed E-state index contributed by atoms with van der Waals surface area (Å²) in [6.45, 7) is 7.94. The highest BCUT2D eigenvalue weighted by atomic mass is 16.5. The molecule has 134 valence electrons. The van der Waals surface area contributed by atoms with Gasteiger partial charge in [0.2, 0.25) is 5.91 Å². The second-order valence-corrected chi connectivity index (χ2v) is 6.58. The molecule has 1 saturated heterocycles. The maximum atomic E-state index is 12.1. The number of carbonyl (C=O) groups is 1. The van der Waals surface area contributed by atoms with E-state index in [4.69, 9.17) is 4.74 Å². The van der Waals surface area contributed by atoms with Crippen LogP contribution in [0.5, 0.6) is 0 Å². The topological polar surface area (TPSA) is 61.8 Å². The Hall–Kier alpha value is -1.43. The number of likely N-dealkylation sites (tertiary alicyclic amines) is 1. The number of nitrogens with one attached hydrogen (secondary N) is 1. The Balaban J connectivity index is 1.68. The van der Waals surface area contributed by atoms with Crippen molar-refractivity contribution in [3.8, 4) is 0 Å². The largest absolute Gasteiger partial charge is 0.393 e. The van der Waals surface area contributed by atoms with Crippen molar-refractivity contribution >= 4 is 5.91 Å². The van der Waals surface area contributed by atoms with Gasteiger partial charge in [-0.05, 0) is 56.8 Å². The van der Waals surface area contributed by atoms with Crippen LogP contribution in [0.1, 0.15) is 37.8 Å². The molecule has 1 aliphatic rings. The number of carbonyl (C=O) groups excluding carboxylic acids is 1. The molecule has 5 nitrogen and oxygen atoms in total. The molecule has 0 bridgehead atoms. The minimum absolute atomic E-state index is 0.0592. The molecule has 1 aromatic carbocycles. The lowest BCUT2D eigenvalue weighted by molar-refractivity contribution is -0.122. The van der Waals surface area contributed by atoms with Crippen LogP contribution in [0, 0.1) is 5.92 Å². The lowest BCUT2D eigenvalue weighted by Crippen LogP contribution is -2.42. The predicted octanol–water partition coefficient (Wildman–Crippen LogP) is 1.93. The molecule has 0 spiro atoms. The van der Waals surface area contributed by atoms with Gasteiger partial charge in [0.25, 0.3) is 0 Å². The Bertz CT molecular complexity index is 494. The van der Waals surface area contributed by atoms with E-state index in [-0.39, 0.29) is 12.0 Å². The van der Waals surface area contributed by atoms with Crippen molar-refractivity contribution in [2.24, 2.45) is 5.92 Å². The van der Waals surface area contributed by atoms with Crippen LogP contribution in [0.4, 0.5) is 0 Å². The number of aliphatic hydroxyl groups excluding tert-OH is 1. The fourth-order valence-corrected chi connectivity index (χ4v) is 3.03. The summed E-state index contributed by atoms with van der Waals surface area (Å²) in [7, 11) is 0. The van der Waals surface area contributed by atoms with Crippen molar-refractivity contribution in [3.63, 3.8) is 0 Å². The Labute approximate surface area is 145 Å². The lowest BCUT2D eigenvalue weighted by atomic mass is 9.92. The van der Waals surface area contributed by atoms with Crippen LogP contribution in [0.25, 0.3) is 0 Å². The molecule has 1 heterocycles. The van der Waals surface area contributed by atoms with Crippen molar-refractivity contribution in [2.75, 3.05) is 26.2 Å². The highest BCUT2D eigenvalue weighted by Gasteiger charge is 2.23. The molecule has 0 aromatic heterocycles. The minimum atomic E-state index is -0.244. The summed E-state index contributed by atoms with van der Waals surface area (Å²) in [6, 6.07) is 8.14. The van der Waals surface area contributed by atoms with Gasteiger partial charge >= 0.3 is 0 Å². The van der Waals surface area contributed by atoms with Gasteiger partial charge in [-0.3, -0.25) is 9.69 Å². The normalized spacial score (nSPS) is 17.6. The van der Waals surface area contributed by atoms with Crippen molar-refractivity contribution < 1.29 is 14.6 Å². The molecule has 1 fully saturated rings. The summed E-state index contributed by atoms with van der Waals surface area (Å²) in [4.78, 5) is 14.3. The van der Waals surface area contributed by atoms with E-state index in [0.717, 1.165) is 37.1 Å². The SMILES string of the molecule is CCOCc1ccc(CNC(=O)CN2CCC(C(C)O)CC2)cc1. The molecule has 5 heteroatoms. The highest BCUT2D eigenvalue weighted by Crippen LogP contribution is 2.20. The number of nitrogens with zero attached hydrogens (tertiary/aromatic N) is 1. The quantitative estimate of drug-likeness (QED) is 0.763. The second kappa shape index (κ2) is 9.77. The number of hydrogen-bond acceptors (Lipinski definition) is 4. The lowest BCUT2D eigenvalue weighted by Gasteiger charge is -2.32. The number of amides is 1. The molecular formula is C19H30N2O3. The first-order chi connectivity index (χ1) is 11.6. The third kappa shape index (κ3) is 6.23. The number of rotatable bonds is 8. The van der Waals surface area contributed by atoms with E-state index in [0.29, 0.717) is 32.2 Å². The van der Waals surface area contributed by atoms with E-state index in [1.807, 2.05) is 38.1 Å². The van der Waals surface area contributed by atoms with Gasteiger partial charge in [0.05, 0.1) is 19.3 Å². The summed E-state index contributed by atoms with van der Waals surface area (Å²) in [5, 5.41) is 12.6. The van der Waals surface area contributed by atoms with Crippen LogP contribution < -0.4 is 5.32 Å². The summed E-state index contributed by atoms with van der Waals surface area (Å²) in [5.41, 5.74) is 2.24. The van der Waals surface area contributed by atoms with Gasteiger partial charge in [0.1, 0.15) is 0 Å². The summed E-state index contributed by atoms with van der Waals surface area (Å²) >= 11 is 0. The Kier molecular flexibility index (Phi) is 7.69. The van der Waals surface area contributed by atoms with E-state index in [1.54, 1.807) is 0 Å². The average Bonchev–Trinajstić information content (AvgIpc) is 2.59. The van der Waals surface area contributed by atoms with Gasteiger partial charge in [0, 0.05) is 13.2 Å². The minimum Gasteiger partial charge on any atom is -0.393 e. The number of piperidine rings is 1.